The fourth-order valence-corrected chi connectivity index (χ4v) is 3.08. The van der Waals surface area contributed by atoms with Gasteiger partial charge in [-0.1, -0.05) is 6.07 Å². The van der Waals surface area contributed by atoms with E-state index in [9.17, 15) is 9.90 Å². The normalized spacial score (nSPS) is 10.8. The quantitative estimate of drug-likeness (QED) is 0.477. The summed E-state index contributed by atoms with van der Waals surface area (Å²) in [4.78, 5) is 11.9. The van der Waals surface area contributed by atoms with Gasteiger partial charge in [-0.05, 0) is 75.0 Å². The van der Waals surface area contributed by atoms with Crippen molar-refractivity contribution in [2.45, 2.75) is 13.8 Å². The van der Waals surface area contributed by atoms with Crippen LogP contribution in [-0.4, -0.2) is 30.9 Å². The standard InChI is InChI=1S/C18H18Br2N2O4/c1-10-4-11(2)6-12(5-10)26-9-16(23)22-21-8-13-17(20)14(19)7-15(25-3)18(13)24/h4-8,24H,9H2,1-3H3,(H,22,23). The topological polar surface area (TPSA) is 80.2 Å². The van der Waals surface area contributed by atoms with Crippen molar-refractivity contribution in [2.75, 3.05) is 13.7 Å². The number of hydrazone groups is 1. The summed E-state index contributed by atoms with van der Waals surface area (Å²) < 4.78 is 11.8. The Morgan fingerprint density at radius 1 is 1.23 bits per heavy atom. The van der Waals surface area contributed by atoms with Crippen molar-refractivity contribution in [2.24, 2.45) is 5.10 Å². The van der Waals surface area contributed by atoms with Crippen LogP contribution in [0.1, 0.15) is 16.7 Å². The molecule has 0 aliphatic heterocycles. The minimum Gasteiger partial charge on any atom is -0.504 e. The van der Waals surface area contributed by atoms with Crippen molar-refractivity contribution < 1.29 is 19.4 Å². The lowest BCUT2D eigenvalue weighted by molar-refractivity contribution is -0.123. The van der Waals surface area contributed by atoms with Gasteiger partial charge in [0.05, 0.1) is 18.9 Å². The zero-order valence-electron chi connectivity index (χ0n) is 14.5. The maximum atomic E-state index is 11.9. The molecule has 0 aliphatic carbocycles. The van der Waals surface area contributed by atoms with E-state index in [1.807, 2.05) is 32.0 Å². The van der Waals surface area contributed by atoms with E-state index < -0.39 is 5.91 Å². The first kappa shape index (κ1) is 20.3. The molecular formula is C18H18Br2N2O4. The zero-order valence-corrected chi connectivity index (χ0v) is 17.6. The fourth-order valence-electron chi connectivity index (χ4n) is 2.25. The SMILES string of the molecule is COc1cc(Br)c(Br)c(C=NNC(=O)COc2cc(C)cc(C)c2)c1O. The van der Waals surface area contributed by atoms with Crippen LogP contribution in [0.2, 0.25) is 0 Å². The van der Waals surface area contributed by atoms with E-state index in [2.05, 4.69) is 42.4 Å². The molecule has 0 heterocycles. The number of phenolic OH excluding ortho intramolecular Hbond substituents is 1. The van der Waals surface area contributed by atoms with E-state index >= 15 is 0 Å². The second kappa shape index (κ2) is 9.05. The number of nitrogens with zero attached hydrogens (tertiary/aromatic N) is 1. The average Bonchev–Trinajstić information content (AvgIpc) is 2.58. The second-order valence-corrected chi connectivity index (χ2v) is 7.19. The summed E-state index contributed by atoms with van der Waals surface area (Å²) in [7, 11) is 1.45. The van der Waals surface area contributed by atoms with Crippen molar-refractivity contribution in [1.82, 2.24) is 5.43 Å². The Kier molecular flexibility index (Phi) is 7.05. The molecule has 0 radical (unpaired) electrons. The average molecular weight is 486 g/mol. The number of rotatable bonds is 6. The maximum absolute atomic E-state index is 11.9. The predicted molar refractivity (Wildman–Crippen MR) is 107 cm³/mol. The molecule has 2 N–H and O–H groups in total. The Hall–Kier alpha value is -2.06. The molecule has 26 heavy (non-hydrogen) atoms. The molecule has 1 amide bonds. The van der Waals surface area contributed by atoms with E-state index in [0.717, 1.165) is 11.1 Å². The molecule has 2 rings (SSSR count). The van der Waals surface area contributed by atoms with Crippen LogP contribution >= 0.6 is 31.9 Å². The van der Waals surface area contributed by atoms with Gasteiger partial charge < -0.3 is 14.6 Å². The molecule has 8 heteroatoms. The van der Waals surface area contributed by atoms with E-state index in [4.69, 9.17) is 9.47 Å². The molecule has 0 saturated heterocycles. The van der Waals surface area contributed by atoms with Gasteiger partial charge in [0, 0.05) is 8.95 Å². The summed E-state index contributed by atoms with van der Waals surface area (Å²) in [6.45, 7) is 3.75. The van der Waals surface area contributed by atoms with E-state index in [0.29, 0.717) is 20.3 Å². The van der Waals surface area contributed by atoms with E-state index in [-0.39, 0.29) is 18.1 Å². The lowest BCUT2D eigenvalue weighted by Gasteiger charge is -2.10. The van der Waals surface area contributed by atoms with Gasteiger partial charge in [-0.2, -0.15) is 5.10 Å². The molecule has 0 atom stereocenters. The van der Waals surface area contributed by atoms with Gasteiger partial charge in [-0.25, -0.2) is 5.43 Å². The minimum atomic E-state index is -0.419. The monoisotopic (exact) mass is 484 g/mol. The van der Waals surface area contributed by atoms with Gasteiger partial charge in [-0.15, -0.1) is 0 Å². The maximum Gasteiger partial charge on any atom is 0.277 e. The number of carbonyl (C=O) groups excluding carboxylic acids is 1. The van der Waals surface area contributed by atoms with Crippen LogP contribution in [-0.2, 0) is 4.79 Å². The van der Waals surface area contributed by atoms with Crippen molar-refractivity contribution >= 4 is 44.0 Å². The number of phenols is 1. The van der Waals surface area contributed by atoms with Crippen molar-refractivity contribution in [3.63, 3.8) is 0 Å². The molecule has 0 unspecified atom stereocenters. The third-order valence-electron chi connectivity index (χ3n) is 3.36. The highest BCUT2D eigenvalue weighted by atomic mass is 79.9. The smallest absolute Gasteiger partial charge is 0.277 e. The van der Waals surface area contributed by atoms with Gasteiger partial charge in [0.1, 0.15) is 5.75 Å². The van der Waals surface area contributed by atoms with Crippen molar-refractivity contribution in [3.8, 4) is 17.2 Å². The van der Waals surface area contributed by atoms with Crippen LogP contribution in [0.3, 0.4) is 0 Å². The number of aryl methyl sites for hydroxylation is 2. The Morgan fingerprint density at radius 2 is 1.88 bits per heavy atom. The summed E-state index contributed by atoms with van der Waals surface area (Å²) in [5.41, 5.74) is 4.84. The van der Waals surface area contributed by atoms with Crippen LogP contribution in [0.25, 0.3) is 0 Å². The first-order valence-corrected chi connectivity index (χ1v) is 9.18. The summed E-state index contributed by atoms with van der Waals surface area (Å²) in [6, 6.07) is 7.35. The van der Waals surface area contributed by atoms with Crippen molar-refractivity contribution in [3.05, 3.63) is 49.9 Å². The summed E-state index contributed by atoms with van der Waals surface area (Å²) >= 11 is 6.69. The molecule has 0 aromatic heterocycles. The zero-order chi connectivity index (χ0) is 19.3. The number of ether oxygens (including phenoxy) is 2. The minimum absolute atomic E-state index is 0.0907. The third kappa shape index (κ3) is 5.22. The molecule has 0 aliphatic rings. The number of halogens is 2. The first-order chi connectivity index (χ1) is 12.3. The molecular weight excluding hydrogens is 468 g/mol. The lowest BCUT2D eigenvalue weighted by Crippen LogP contribution is -2.24. The molecule has 0 saturated carbocycles. The molecule has 138 valence electrons. The Balaban J connectivity index is 2.00. The van der Waals surface area contributed by atoms with Gasteiger partial charge in [0.2, 0.25) is 0 Å². The predicted octanol–water partition coefficient (Wildman–Crippen LogP) is 4.07. The molecule has 2 aromatic carbocycles. The largest absolute Gasteiger partial charge is 0.504 e. The van der Waals surface area contributed by atoms with Gasteiger partial charge in [0.15, 0.2) is 18.1 Å². The number of benzene rings is 2. The Morgan fingerprint density at radius 3 is 2.50 bits per heavy atom. The summed E-state index contributed by atoms with van der Waals surface area (Å²) in [6.07, 6.45) is 1.32. The molecule has 2 aromatic rings. The first-order valence-electron chi connectivity index (χ1n) is 7.59. The number of hydrogen-bond acceptors (Lipinski definition) is 5. The van der Waals surface area contributed by atoms with Crippen LogP contribution in [0.15, 0.2) is 38.3 Å². The van der Waals surface area contributed by atoms with Crippen LogP contribution in [0.5, 0.6) is 17.2 Å². The third-order valence-corrected chi connectivity index (χ3v) is 5.37. The number of nitrogens with one attached hydrogen (secondary N) is 1. The van der Waals surface area contributed by atoms with Gasteiger partial charge in [0.25, 0.3) is 5.91 Å². The van der Waals surface area contributed by atoms with E-state index in [1.54, 1.807) is 6.07 Å². The number of hydrogen-bond donors (Lipinski definition) is 2. The van der Waals surface area contributed by atoms with Crippen LogP contribution in [0.4, 0.5) is 0 Å². The number of aromatic hydroxyl groups is 1. The second-order valence-electron chi connectivity index (χ2n) is 5.54. The van der Waals surface area contributed by atoms with Crippen LogP contribution < -0.4 is 14.9 Å². The highest BCUT2D eigenvalue weighted by Gasteiger charge is 2.14. The van der Waals surface area contributed by atoms with Crippen LogP contribution in [0, 0.1) is 13.8 Å². The van der Waals surface area contributed by atoms with Gasteiger partial charge >= 0.3 is 0 Å². The molecule has 0 fully saturated rings. The van der Waals surface area contributed by atoms with Gasteiger partial charge in [-0.3, -0.25) is 4.79 Å². The number of methoxy groups -OCH3 is 1. The van der Waals surface area contributed by atoms with E-state index in [1.165, 1.54) is 13.3 Å². The highest BCUT2D eigenvalue weighted by molar-refractivity contribution is 9.13. The number of amides is 1. The van der Waals surface area contributed by atoms with Crippen molar-refractivity contribution in [1.29, 1.82) is 0 Å². The fraction of sp³-hybridized carbons (Fsp3) is 0.222. The molecule has 0 bridgehead atoms. The molecule has 6 nitrogen and oxygen atoms in total. The highest BCUT2D eigenvalue weighted by Crippen LogP contribution is 2.39. The Labute approximate surface area is 168 Å². The Bertz CT molecular complexity index is 833. The molecule has 0 spiro atoms. The lowest BCUT2D eigenvalue weighted by atomic mass is 10.1. The summed E-state index contributed by atoms with van der Waals surface area (Å²) in [5.74, 6) is 0.398. The summed E-state index contributed by atoms with van der Waals surface area (Å²) in [5, 5.41) is 14.0. The number of carbonyl (C=O) groups is 1.